The van der Waals surface area contributed by atoms with E-state index in [2.05, 4.69) is 32.7 Å². The molecule has 0 bridgehead atoms. The lowest BCUT2D eigenvalue weighted by Gasteiger charge is -2.13. The van der Waals surface area contributed by atoms with Gasteiger partial charge in [0.1, 0.15) is 11.6 Å². The Balaban J connectivity index is 1.59. The fourth-order valence-corrected chi connectivity index (χ4v) is 3.67. The van der Waals surface area contributed by atoms with Crippen molar-refractivity contribution in [1.82, 2.24) is 9.97 Å². The van der Waals surface area contributed by atoms with Gasteiger partial charge in [-0.1, -0.05) is 12.1 Å². The average Bonchev–Trinajstić information content (AvgIpc) is 3.22. The van der Waals surface area contributed by atoms with Crippen molar-refractivity contribution in [3.63, 3.8) is 0 Å². The number of ether oxygens (including phenoxy) is 3. The molecule has 0 saturated carbocycles. The summed E-state index contributed by atoms with van der Waals surface area (Å²) in [6.07, 6.45) is 3.82. The molecule has 3 heterocycles. The normalized spacial score (nSPS) is 14.7. The van der Waals surface area contributed by atoms with E-state index >= 15 is 0 Å². The molecule has 0 amide bonds. The summed E-state index contributed by atoms with van der Waals surface area (Å²) in [4.78, 5) is 9.19. The van der Waals surface area contributed by atoms with E-state index in [9.17, 15) is 0 Å². The highest BCUT2D eigenvalue weighted by atomic mass is 16.5. The first-order valence-corrected chi connectivity index (χ1v) is 9.88. The molecule has 7 heteroatoms. The van der Waals surface area contributed by atoms with Gasteiger partial charge in [-0.3, -0.25) is 0 Å². The van der Waals surface area contributed by atoms with Crippen LogP contribution in [0.25, 0.3) is 11.1 Å². The Morgan fingerprint density at radius 1 is 0.967 bits per heavy atom. The van der Waals surface area contributed by atoms with E-state index in [1.54, 1.807) is 21.3 Å². The van der Waals surface area contributed by atoms with Crippen molar-refractivity contribution in [2.24, 2.45) is 0 Å². The highest BCUT2D eigenvalue weighted by Crippen LogP contribution is 2.38. The number of hydrogen-bond donors (Lipinski definition) is 2. The summed E-state index contributed by atoms with van der Waals surface area (Å²) in [6, 6.07) is 12.2. The number of aromatic nitrogens is 2. The molecule has 1 aliphatic heterocycles. The maximum absolute atomic E-state index is 5.45. The Kier molecular flexibility index (Phi) is 5.99. The minimum absolute atomic E-state index is 0.202. The zero-order valence-electron chi connectivity index (χ0n) is 17.4. The highest BCUT2D eigenvalue weighted by Gasteiger charge is 2.26. The number of nitrogens with zero attached hydrogens (tertiary/aromatic N) is 2. The van der Waals surface area contributed by atoms with Crippen molar-refractivity contribution in [1.29, 1.82) is 0 Å². The number of methoxy groups -OCH3 is 3. The van der Waals surface area contributed by atoms with Crippen LogP contribution in [0.5, 0.6) is 11.5 Å². The largest absolute Gasteiger partial charge is 0.493 e. The van der Waals surface area contributed by atoms with Crippen LogP contribution in [0.15, 0.2) is 48.8 Å². The zero-order valence-corrected chi connectivity index (χ0v) is 17.4. The summed E-state index contributed by atoms with van der Waals surface area (Å²) in [5, 5.41) is 6.66. The second-order valence-corrected chi connectivity index (χ2v) is 7.06. The van der Waals surface area contributed by atoms with Crippen LogP contribution in [0.3, 0.4) is 0 Å². The second kappa shape index (κ2) is 9.00. The van der Waals surface area contributed by atoms with Gasteiger partial charge in [-0.2, -0.15) is 0 Å². The summed E-state index contributed by atoms with van der Waals surface area (Å²) in [5.74, 6) is 3.38. The predicted molar refractivity (Wildman–Crippen MR) is 118 cm³/mol. The van der Waals surface area contributed by atoms with Crippen LogP contribution < -0.4 is 20.1 Å². The number of rotatable bonds is 8. The molecule has 30 heavy (non-hydrogen) atoms. The van der Waals surface area contributed by atoms with Gasteiger partial charge in [0.25, 0.3) is 0 Å². The van der Waals surface area contributed by atoms with Gasteiger partial charge in [0.15, 0.2) is 11.5 Å². The number of pyridine rings is 2. The SMILES string of the molecule is COCCNc1ccc(C2CNc3ncc(-c4ccc(OC)c(OC)c4)cc32)cn1. The summed E-state index contributed by atoms with van der Waals surface area (Å²) in [5.41, 5.74) is 4.40. The summed E-state index contributed by atoms with van der Waals surface area (Å²) >= 11 is 0. The number of hydrogen-bond acceptors (Lipinski definition) is 7. The van der Waals surface area contributed by atoms with Crippen LogP contribution >= 0.6 is 0 Å². The Hall–Kier alpha value is -3.32. The molecule has 1 unspecified atom stereocenters. The number of anilines is 2. The van der Waals surface area contributed by atoms with Gasteiger partial charge in [0.2, 0.25) is 0 Å². The predicted octanol–water partition coefficient (Wildman–Crippen LogP) is 3.78. The molecule has 2 N–H and O–H groups in total. The third kappa shape index (κ3) is 4.02. The lowest BCUT2D eigenvalue weighted by Crippen LogP contribution is -2.09. The van der Waals surface area contributed by atoms with Crippen LogP contribution in [0.2, 0.25) is 0 Å². The van der Waals surface area contributed by atoms with Gasteiger partial charge >= 0.3 is 0 Å². The van der Waals surface area contributed by atoms with Gasteiger partial charge in [-0.15, -0.1) is 0 Å². The molecule has 0 aliphatic carbocycles. The van der Waals surface area contributed by atoms with E-state index in [1.165, 1.54) is 5.56 Å². The van der Waals surface area contributed by atoms with E-state index in [-0.39, 0.29) is 5.92 Å². The maximum atomic E-state index is 5.45. The minimum Gasteiger partial charge on any atom is -0.493 e. The van der Waals surface area contributed by atoms with Crippen LogP contribution in [-0.4, -0.2) is 51.0 Å². The number of nitrogens with one attached hydrogen (secondary N) is 2. The van der Waals surface area contributed by atoms with Crippen LogP contribution in [-0.2, 0) is 4.74 Å². The standard InChI is InChI=1S/C23H26N4O3/c1-28-9-8-24-22-7-5-16(12-25-22)19-14-27-23-18(19)10-17(13-26-23)15-4-6-20(29-2)21(11-15)30-3/h4-7,10-13,19H,8-9,14H2,1-3H3,(H,24,25)(H,26,27). The topological polar surface area (TPSA) is 77.5 Å². The van der Waals surface area contributed by atoms with Gasteiger partial charge in [0.05, 0.1) is 20.8 Å². The molecule has 1 atom stereocenters. The quantitative estimate of drug-likeness (QED) is 0.551. The molecule has 0 radical (unpaired) electrons. The molecule has 7 nitrogen and oxygen atoms in total. The molecule has 0 spiro atoms. The first kappa shape index (κ1) is 20.0. The van der Waals surface area contributed by atoms with E-state index in [0.717, 1.165) is 41.4 Å². The Morgan fingerprint density at radius 2 is 1.83 bits per heavy atom. The highest BCUT2D eigenvalue weighted by molar-refractivity contribution is 5.71. The molecule has 1 aromatic carbocycles. The van der Waals surface area contributed by atoms with Gasteiger partial charge in [-0.25, -0.2) is 9.97 Å². The van der Waals surface area contributed by atoms with Crippen molar-refractivity contribution in [2.45, 2.75) is 5.92 Å². The molecular formula is C23H26N4O3. The van der Waals surface area contributed by atoms with Crippen molar-refractivity contribution in [3.05, 3.63) is 59.9 Å². The lowest BCUT2D eigenvalue weighted by molar-refractivity contribution is 0.210. The molecular weight excluding hydrogens is 380 g/mol. The van der Waals surface area contributed by atoms with Crippen LogP contribution in [0.4, 0.5) is 11.6 Å². The van der Waals surface area contributed by atoms with Crippen molar-refractivity contribution in [2.75, 3.05) is 51.7 Å². The average molecular weight is 406 g/mol. The third-order valence-corrected chi connectivity index (χ3v) is 5.28. The first-order chi connectivity index (χ1) is 14.7. The molecule has 156 valence electrons. The smallest absolute Gasteiger partial charge is 0.161 e. The molecule has 4 rings (SSSR count). The van der Waals surface area contributed by atoms with Gasteiger partial charge in [0, 0.05) is 49.6 Å². The summed E-state index contributed by atoms with van der Waals surface area (Å²) in [6.45, 7) is 2.18. The lowest BCUT2D eigenvalue weighted by atomic mass is 9.93. The fraction of sp³-hybridized carbons (Fsp3) is 0.304. The number of benzene rings is 1. The van der Waals surface area contributed by atoms with Crippen molar-refractivity contribution >= 4 is 11.6 Å². The Morgan fingerprint density at radius 3 is 2.57 bits per heavy atom. The monoisotopic (exact) mass is 406 g/mol. The third-order valence-electron chi connectivity index (χ3n) is 5.28. The van der Waals surface area contributed by atoms with E-state index in [0.29, 0.717) is 18.1 Å². The second-order valence-electron chi connectivity index (χ2n) is 7.06. The first-order valence-electron chi connectivity index (χ1n) is 9.88. The molecule has 1 aliphatic rings. The zero-order chi connectivity index (χ0) is 20.9. The maximum Gasteiger partial charge on any atom is 0.161 e. The molecule has 3 aromatic rings. The molecule has 0 saturated heterocycles. The van der Waals surface area contributed by atoms with Crippen LogP contribution in [0, 0.1) is 0 Å². The molecule has 2 aromatic heterocycles. The van der Waals surface area contributed by atoms with Crippen molar-refractivity contribution in [3.8, 4) is 22.6 Å². The minimum atomic E-state index is 0.202. The fourth-order valence-electron chi connectivity index (χ4n) is 3.67. The van der Waals surface area contributed by atoms with Crippen molar-refractivity contribution < 1.29 is 14.2 Å². The van der Waals surface area contributed by atoms with Crippen LogP contribution in [0.1, 0.15) is 17.0 Å². The summed E-state index contributed by atoms with van der Waals surface area (Å²) in [7, 11) is 4.97. The van der Waals surface area contributed by atoms with E-state index in [4.69, 9.17) is 14.2 Å². The Labute approximate surface area is 176 Å². The van der Waals surface area contributed by atoms with E-state index < -0.39 is 0 Å². The van der Waals surface area contributed by atoms with Gasteiger partial charge in [-0.05, 0) is 35.4 Å². The van der Waals surface area contributed by atoms with Gasteiger partial charge < -0.3 is 24.8 Å². The Bertz CT molecular complexity index is 1010. The molecule has 0 fully saturated rings. The van der Waals surface area contributed by atoms with E-state index in [1.807, 2.05) is 36.7 Å². The summed E-state index contributed by atoms with van der Waals surface area (Å²) < 4.78 is 15.9. The number of fused-ring (bicyclic) bond motifs is 1.